The van der Waals surface area contributed by atoms with E-state index in [-0.39, 0.29) is 37.7 Å². The molecule has 0 aliphatic heterocycles. The average molecular weight is 601 g/mol. The molecule has 0 bridgehead atoms. The standard InChI is InChI=1S/C28H39Cl2N3O5S/c1-5-8-17-31-28(35)24(6-2)32(20-21-15-16-22(29)19-23(21)30)27(34)14-11-18-33(39(4,36)37)25-12-9-10-13-26(25)38-7-3/h9-10,12-13,15-16,19,24H,5-8,11,14,17-18,20H2,1-4H3,(H,31,35). The summed E-state index contributed by atoms with van der Waals surface area (Å²) in [6, 6.07) is 11.2. The number of rotatable bonds is 16. The second kappa shape index (κ2) is 15.9. The van der Waals surface area contributed by atoms with Crippen molar-refractivity contribution in [2.24, 2.45) is 0 Å². The van der Waals surface area contributed by atoms with Crippen LogP contribution in [0.3, 0.4) is 0 Å². The summed E-state index contributed by atoms with van der Waals surface area (Å²) in [5.41, 5.74) is 1.08. The summed E-state index contributed by atoms with van der Waals surface area (Å²) in [6.45, 7) is 6.82. The predicted molar refractivity (Wildman–Crippen MR) is 158 cm³/mol. The van der Waals surface area contributed by atoms with Crippen LogP contribution in [-0.2, 0) is 26.2 Å². The second-order valence-electron chi connectivity index (χ2n) is 9.17. The summed E-state index contributed by atoms with van der Waals surface area (Å²) in [6.07, 6.45) is 3.58. The van der Waals surface area contributed by atoms with Crippen molar-refractivity contribution >= 4 is 50.7 Å². The molecule has 0 aliphatic rings. The molecule has 39 heavy (non-hydrogen) atoms. The van der Waals surface area contributed by atoms with Crippen LogP contribution in [0, 0.1) is 0 Å². The Bertz CT molecular complexity index is 1210. The number of ether oxygens (including phenoxy) is 1. The van der Waals surface area contributed by atoms with Crippen molar-refractivity contribution in [3.63, 3.8) is 0 Å². The number of hydrogen-bond acceptors (Lipinski definition) is 5. The number of halogens is 2. The van der Waals surface area contributed by atoms with Crippen LogP contribution in [0.25, 0.3) is 0 Å². The van der Waals surface area contributed by atoms with Gasteiger partial charge in [-0.05, 0) is 56.0 Å². The van der Waals surface area contributed by atoms with Gasteiger partial charge in [-0.1, -0.05) is 61.7 Å². The van der Waals surface area contributed by atoms with Gasteiger partial charge in [-0.3, -0.25) is 13.9 Å². The number of para-hydroxylation sites is 2. The molecular weight excluding hydrogens is 561 g/mol. The molecule has 0 aliphatic carbocycles. The van der Waals surface area contributed by atoms with Crippen LogP contribution in [0.4, 0.5) is 5.69 Å². The molecule has 2 aromatic carbocycles. The molecule has 1 atom stereocenters. The van der Waals surface area contributed by atoms with Gasteiger partial charge < -0.3 is 15.0 Å². The van der Waals surface area contributed by atoms with Gasteiger partial charge in [0.15, 0.2) is 0 Å². The Morgan fingerprint density at radius 3 is 2.38 bits per heavy atom. The lowest BCUT2D eigenvalue weighted by molar-refractivity contribution is -0.141. The molecule has 2 amide bonds. The molecule has 0 saturated heterocycles. The Hall–Kier alpha value is -2.49. The number of nitrogens with zero attached hydrogens (tertiary/aromatic N) is 2. The van der Waals surface area contributed by atoms with Crippen molar-refractivity contribution in [2.45, 2.75) is 65.5 Å². The third-order valence-corrected chi connectivity index (χ3v) is 7.92. The minimum atomic E-state index is -3.65. The van der Waals surface area contributed by atoms with Crippen LogP contribution in [0.2, 0.25) is 10.0 Å². The molecular formula is C28H39Cl2N3O5S. The first-order valence-corrected chi connectivity index (χ1v) is 15.8. The summed E-state index contributed by atoms with van der Waals surface area (Å²) in [5, 5.41) is 3.80. The van der Waals surface area contributed by atoms with Crippen LogP contribution in [0.15, 0.2) is 42.5 Å². The van der Waals surface area contributed by atoms with E-state index in [1.54, 1.807) is 42.5 Å². The van der Waals surface area contributed by atoms with E-state index in [2.05, 4.69) is 5.32 Å². The molecule has 0 radical (unpaired) electrons. The van der Waals surface area contributed by atoms with Crippen molar-refractivity contribution < 1.29 is 22.7 Å². The number of hydrogen-bond donors (Lipinski definition) is 1. The van der Waals surface area contributed by atoms with Gasteiger partial charge in [0.05, 0.1) is 18.6 Å². The zero-order chi connectivity index (χ0) is 29.0. The van der Waals surface area contributed by atoms with Gasteiger partial charge >= 0.3 is 0 Å². The summed E-state index contributed by atoms with van der Waals surface area (Å²) in [5.74, 6) is -0.0524. The SMILES string of the molecule is CCCCNC(=O)C(CC)N(Cc1ccc(Cl)cc1Cl)C(=O)CCCN(c1ccccc1OCC)S(C)(=O)=O. The molecule has 0 heterocycles. The van der Waals surface area contributed by atoms with Crippen LogP contribution in [0.1, 0.15) is 58.4 Å². The minimum Gasteiger partial charge on any atom is -0.492 e. The molecule has 0 fully saturated rings. The maximum atomic E-state index is 13.6. The lowest BCUT2D eigenvalue weighted by Gasteiger charge is -2.31. The molecule has 0 aromatic heterocycles. The number of nitrogens with one attached hydrogen (secondary N) is 1. The first-order chi connectivity index (χ1) is 18.5. The molecule has 0 spiro atoms. The Kier molecular flexibility index (Phi) is 13.4. The first-order valence-electron chi connectivity index (χ1n) is 13.2. The smallest absolute Gasteiger partial charge is 0.242 e. The van der Waals surface area contributed by atoms with Crippen LogP contribution >= 0.6 is 23.2 Å². The Morgan fingerprint density at radius 1 is 1.05 bits per heavy atom. The molecule has 2 rings (SSSR count). The highest BCUT2D eigenvalue weighted by molar-refractivity contribution is 7.92. The van der Waals surface area contributed by atoms with Gasteiger partial charge in [0, 0.05) is 36.1 Å². The lowest BCUT2D eigenvalue weighted by Crippen LogP contribution is -2.49. The maximum absolute atomic E-state index is 13.6. The summed E-state index contributed by atoms with van der Waals surface area (Å²) in [7, 11) is -3.65. The fourth-order valence-corrected chi connectivity index (χ4v) is 5.62. The van der Waals surface area contributed by atoms with Gasteiger partial charge in [-0.2, -0.15) is 0 Å². The number of sulfonamides is 1. The summed E-state index contributed by atoms with van der Waals surface area (Å²) >= 11 is 12.5. The summed E-state index contributed by atoms with van der Waals surface area (Å²) < 4.78 is 32.2. The van der Waals surface area contributed by atoms with Crippen molar-refractivity contribution in [3.05, 3.63) is 58.1 Å². The Labute approximate surface area is 242 Å². The highest BCUT2D eigenvalue weighted by Crippen LogP contribution is 2.30. The van der Waals surface area contributed by atoms with E-state index in [1.165, 1.54) is 9.21 Å². The van der Waals surface area contributed by atoms with E-state index in [4.69, 9.17) is 27.9 Å². The number of benzene rings is 2. The number of carbonyl (C=O) groups is 2. The Morgan fingerprint density at radius 2 is 1.77 bits per heavy atom. The predicted octanol–water partition coefficient (Wildman–Crippen LogP) is 5.66. The van der Waals surface area contributed by atoms with Crippen LogP contribution in [-0.4, -0.2) is 57.1 Å². The van der Waals surface area contributed by atoms with Crippen molar-refractivity contribution in [3.8, 4) is 5.75 Å². The monoisotopic (exact) mass is 599 g/mol. The molecule has 8 nitrogen and oxygen atoms in total. The van der Waals surface area contributed by atoms with E-state index < -0.39 is 16.1 Å². The molecule has 1 N–H and O–H groups in total. The molecule has 0 saturated carbocycles. The topological polar surface area (TPSA) is 96.0 Å². The van der Waals surface area contributed by atoms with Crippen molar-refractivity contribution in [1.82, 2.24) is 10.2 Å². The number of carbonyl (C=O) groups excluding carboxylic acids is 2. The van der Waals surface area contributed by atoms with E-state index in [0.717, 1.165) is 19.1 Å². The van der Waals surface area contributed by atoms with Crippen LogP contribution < -0.4 is 14.4 Å². The van der Waals surface area contributed by atoms with E-state index in [1.807, 2.05) is 20.8 Å². The maximum Gasteiger partial charge on any atom is 0.242 e. The van der Waals surface area contributed by atoms with E-state index in [9.17, 15) is 18.0 Å². The molecule has 11 heteroatoms. The fraction of sp³-hybridized carbons (Fsp3) is 0.500. The van der Waals surface area contributed by atoms with Gasteiger partial charge in [0.1, 0.15) is 11.8 Å². The molecule has 216 valence electrons. The number of amides is 2. The third-order valence-electron chi connectivity index (χ3n) is 6.16. The zero-order valence-electron chi connectivity index (χ0n) is 23.1. The Balaban J connectivity index is 2.27. The van der Waals surface area contributed by atoms with Crippen LogP contribution in [0.5, 0.6) is 5.75 Å². The van der Waals surface area contributed by atoms with Gasteiger partial charge in [-0.25, -0.2) is 8.42 Å². The van der Waals surface area contributed by atoms with Crippen molar-refractivity contribution in [1.29, 1.82) is 0 Å². The third kappa shape index (κ3) is 9.89. The first kappa shape index (κ1) is 32.7. The molecule has 2 aromatic rings. The van der Waals surface area contributed by atoms with Gasteiger partial charge in [-0.15, -0.1) is 0 Å². The zero-order valence-corrected chi connectivity index (χ0v) is 25.4. The van der Waals surface area contributed by atoms with Crippen molar-refractivity contribution in [2.75, 3.05) is 30.3 Å². The number of anilines is 1. The highest BCUT2D eigenvalue weighted by Gasteiger charge is 2.29. The van der Waals surface area contributed by atoms with E-state index >= 15 is 0 Å². The quantitative estimate of drug-likeness (QED) is 0.251. The largest absolute Gasteiger partial charge is 0.492 e. The minimum absolute atomic E-state index is 0.0345. The average Bonchev–Trinajstić information content (AvgIpc) is 2.88. The second-order valence-corrected chi connectivity index (χ2v) is 11.9. The summed E-state index contributed by atoms with van der Waals surface area (Å²) in [4.78, 5) is 28.2. The lowest BCUT2D eigenvalue weighted by atomic mass is 10.1. The van der Waals surface area contributed by atoms with Gasteiger partial charge in [0.2, 0.25) is 21.8 Å². The molecule has 1 unspecified atom stereocenters. The fourth-order valence-electron chi connectivity index (χ4n) is 4.18. The number of unbranched alkanes of at least 4 members (excludes halogenated alkanes) is 1. The highest BCUT2D eigenvalue weighted by atomic mass is 35.5. The normalized spacial score (nSPS) is 12.1. The van der Waals surface area contributed by atoms with Gasteiger partial charge in [0.25, 0.3) is 0 Å². The van der Waals surface area contributed by atoms with E-state index in [0.29, 0.717) is 46.6 Å².